The Morgan fingerprint density at radius 2 is 1.63 bits per heavy atom. The van der Waals surface area contributed by atoms with Crippen LogP contribution in [0.25, 0.3) is 22.3 Å². The van der Waals surface area contributed by atoms with Gasteiger partial charge in [-0.2, -0.15) is 0 Å². The van der Waals surface area contributed by atoms with Gasteiger partial charge >= 0.3 is 0 Å². The number of hydrogen-bond acceptors (Lipinski definition) is 10. The van der Waals surface area contributed by atoms with E-state index in [1.54, 1.807) is 54.6 Å². The van der Waals surface area contributed by atoms with Gasteiger partial charge in [0.05, 0.1) is 6.61 Å². The number of phenols is 1. The maximum Gasteiger partial charge on any atom is 0.197 e. The maximum atomic E-state index is 13.1. The highest BCUT2D eigenvalue weighted by Crippen LogP contribution is 2.42. The number of phenolic OH excluding ortho intramolecular Hbond substituents is 1. The smallest absolute Gasteiger partial charge is 0.197 e. The molecule has 0 bridgehead atoms. The van der Waals surface area contributed by atoms with Crippen molar-refractivity contribution in [2.24, 2.45) is 0 Å². The minimum absolute atomic E-state index is 0.00152. The Kier molecular flexibility index (Phi) is 7.36. The van der Waals surface area contributed by atoms with Gasteiger partial charge in [0.2, 0.25) is 0 Å². The SMILES string of the molecule is COCOc1cc(OCOC)c2c(=O)cc(-c3ccc4c(c3)O[C@H](CO)[C@@H](c3ccc(O)cc3)O4)oc2c1. The summed E-state index contributed by atoms with van der Waals surface area (Å²) < 4.78 is 39.4. The third kappa shape index (κ3) is 5.10. The van der Waals surface area contributed by atoms with Gasteiger partial charge in [0, 0.05) is 38.0 Å². The molecule has 0 unspecified atom stereocenters. The molecule has 0 amide bonds. The third-order valence-corrected chi connectivity index (χ3v) is 5.94. The van der Waals surface area contributed by atoms with Gasteiger partial charge in [-0.05, 0) is 35.9 Å². The number of rotatable bonds is 9. The van der Waals surface area contributed by atoms with E-state index in [-0.39, 0.29) is 53.9 Å². The van der Waals surface area contributed by atoms with E-state index in [0.717, 1.165) is 5.56 Å². The largest absolute Gasteiger partial charge is 0.508 e. The van der Waals surface area contributed by atoms with Crippen molar-refractivity contribution in [2.45, 2.75) is 12.2 Å². The molecule has 1 aliphatic rings. The van der Waals surface area contributed by atoms with Crippen LogP contribution in [0, 0.1) is 0 Å². The molecule has 1 aliphatic heterocycles. The van der Waals surface area contributed by atoms with Crippen LogP contribution in [0.1, 0.15) is 11.7 Å². The quantitative estimate of drug-likeness (QED) is 0.312. The molecule has 0 spiro atoms. The zero-order chi connectivity index (χ0) is 26.6. The highest BCUT2D eigenvalue weighted by atomic mass is 16.7. The molecule has 2 atom stereocenters. The average molecular weight is 523 g/mol. The van der Waals surface area contributed by atoms with Crippen LogP contribution < -0.4 is 24.4 Å². The fraction of sp³-hybridized carbons (Fsp3) is 0.250. The first-order valence-corrected chi connectivity index (χ1v) is 11.7. The van der Waals surface area contributed by atoms with Gasteiger partial charge in [0.1, 0.15) is 34.0 Å². The molecule has 4 aromatic rings. The zero-order valence-electron chi connectivity index (χ0n) is 20.7. The second-order valence-electron chi connectivity index (χ2n) is 8.50. The van der Waals surface area contributed by atoms with Crippen LogP contribution in [0.2, 0.25) is 0 Å². The van der Waals surface area contributed by atoms with Crippen molar-refractivity contribution in [1.29, 1.82) is 0 Å². The summed E-state index contributed by atoms with van der Waals surface area (Å²) in [6.07, 6.45) is -1.26. The Bertz CT molecular complexity index is 1480. The normalized spacial score (nSPS) is 16.4. The van der Waals surface area contributed by atoms with Crippen LogP contribution >= 0.6 is 0 Å². The predicted octanol–water partition coefficient (Wildman–Crippen LogP) is 4.00. The molecule has 0 saturated heterocycles. The van der Waals surface area contributed by atoms with Crippen LogP contribution in [0.4, 0.5) is 0 Å². The number of ether oxygens (including phenoxy) is 6. The maximum absolute atomic E-state index is 13.1. The lowest BCUT2D eigenvalue weighted by Gasteiger charge is -2.33. The minimum Gasteiger partial charge on any atom is -0.508 e. The summed E-state index contributed by atoms with van der Waals surface area (Å²) in [6, 6.07) is 16.2. The molecule has 3 aromatic carbocycles. The van der Waals surface area contributed by atoms with Crippen LogP contribution in [0.15, 0.2) is 69.9 Å². The van der Waals surface area contributed by atoms with Gasteiger partial charge in [-0.3, -0.25) is 4.79 Å². The minimum atomic E-state index is -0.688. The molecule has 5 rings (SSSR count). The van der Waals surface area contributed by atoms with Crippen molar-refractivity contribution in [3.63, 3.8) is 0 Å². The standard InChI is InChI=1S/C28H26O10/c1-32-14-34-19-10-24(35-15-33-2)27-20(31)12-22(36-25(27)11-19)17-5-8-21-23(9-17)37-26(13-29)28(38-21)16-3-6-18(30)7-4-16/h3-12,26,28-30H,13-15H2,1-2H3/t26-,28-/m1/s1. The van der Waals surface area contributed by atoms with Crippen LogP contribution in [0.5, 0.6) is 28.7 Å². The summed E-state index contributed by atoms with van der Waals surface area (Å²) in [6.45, 7) is -0.364. The number of hydrogen-bond donors (Lipinski definition) is 2. The van der Waals surface area contributed by atoms with E-state index in [2.05, 4.69) is 0 Å². The van der Waals surface area contributed by atoms with E-state index in [1.165, 1.54) is 20.3 Å². The number of benzene rings is 3. The Labute approximate surface area is 217 Å². The van der Waals surface area contributed by atoms with Gasteiger partial charge in [-0.15, -0.1) is 0 Å². The third-order valence-electron chi connectivity index (χ3n) is 5.94. The van der Waals surface area contributed by atoms with Crippen molar-refractivity contribution in [3.8, 4) is 40.1 Å². The van der Waals surface area contributed by atoms with Crippen molar-refractivity contribution in [2.75, 3.05) is 34.4 Å². The summed E-state index contributed by atoms with van der Waals surface area (Å²) in [7, 11) is 2.97. The van der Waals surface area contributed by atoms with E-state index in [4.69, 9.17) is 32.8 Å². The number of aromatic hydroxyl groups is 1. The molecule has 0 saturated carbocycles. The van der Waals surface area contributed by atoms with Crippen molar-refractivity contribution in [3.05, 3.63) is 76.5 Å². The first kappa shape index (κ1) is 25.4. The molecule has 38 heavy (non-hydrogen) atoms. The van der Waals surface area contributed by atoms with E-state index in [0.29, 0.717) is 22.8 Å². The van der Waals surface area contributed by atoms with Crippen LogP contribution in [-0.4, -0.2) is 50.7 Å². The summed E-state index contributed by atoms with van der Waals surface area (Å²) >= 11 is 0. The van der Waals surface area contributed by atoms with Gasteiger partial charge in [-0.25, -0.2) is 0 Å². The monoisotopic (exact) mass is 522 g/mol. The predicted molar refractivity (Wildman–Crippen MR) is 136 cm³/mol. The zero-order valence-corrected chi connectivity index (χ0v) is 20.7. The number of methoxy groups -OCH3 is 2. The van der Waals surface area contributed by atoms with Gasteiger partial charge in [0.15, 0.2) is 42.7 Å². The first-order chi connectivity index (χ1) is 18.5. The van der Waals surface area contributed by atoms with E-state index >= 15 is 0 Å². The molecule has 10 nitrogen and oxygen atoms in total. The number of aliphatic hydroxyl groups is 1. The fourth-order valence-electron chi connectivity index (χ4n) is 4.19. The Hall–Kier alpha value is -4.25. The highest BCUT2D eigenvalue weighted by Gasteiger charge is 2.33. The lowest BCUT2D eigenvalue weighted by atomic mass is 10.0. The number of aliphatic hydroxyl groups excluding tert-OH is 1. The summed E-state index contributed by atoms with van der Waals surface area (Å²) in [4.78, 5) is 13.1. The molecular weight excluding hydrogens is 496 g/mol. The first-order valence-electron chi connectivity index (χ1n) is 11.7. The molecule has 0 radical (unpaired) electrons. The van der Waals surface area contributed by atoms with E-state index in [9.17, 15) is 15.0 Å². The van der Waals surface area contributed by atoms with E-state index < -0.39 is 12.2 Å². The second kappa shape index (κ2) is 11.0. The Morgan fingerprint density at radius 1 is 0.868 bits per heavy atom. The molecule has 10 heteroatoms. The van der Waals surface area contributed by atoms with Crippen molar-refractivity contribution < 1.29 is 43.1 Å². The summed E-state index contributed by atoms with van der Waals surface area (Å²) in [5, 5.41) is 19.8. The molecule has 0 fully saturated rings. The van der Waals surface area contributed by atoms with Crippen LogP contribution in [0.3, 0.4) is 0 Å². The average Bonchev–Trinajstić information content (AvgIpc) is 2.93. The summed E-state index contributed by atoms with van der Waals surface area (Å²) in [5.74, 6) is 1.91. The molecule has 198 valence electrons. The Morgan fingerprint density at radius 3 is 2.37 bits per heavy atom. The van der Waals surface area contributed by atoms with Gasteiger partial charge in [0.25, 0.3) is 0 Å². The molecule has 0 aliphatic carbocycles. The lowest BCUT2D eigenvalue weighted by molar-refractivity contribution is -0.0122. The fourth-order valence-corrected chi connectivity index (χ4v) is 4.19. The second-order valence-corrected chi connectivity index (χ2v) is 8.50. The van der Waals surface area contributed by atoms with Crippen LogP contribution in [-0.2, 0) is 9.47 Å². The molecule has 2 N–H and O–H groups in total. The Balaban J connectivity index is 1.51. The highest BCUT2D eigenvalue weighted by molar-refractivity contribution is 5.86. The van der Waals surface area contributed by atoms with E-state index in [1.807, 2.05) is 0 Å². The lowest BCUT2D eigenvalue weighted by Crippen LogP contribution is -2.36. The number of fused-ring (bicyclic) bond motifs is 2. The molecular formula is C28H26O10. The molecule has 2 heterocycles. The van der Waals surface area contributed by atoms with Gasteiger partial charge < -0.3 is 43.1 Å². The summed E-state index contributed by atoms with van der Waals surface area (Å²) in [5.41, 5.74) is 1.24. The van der Waals surface area contributed by atoms with Gasteiger partial charge in [-0.1, -0.05) is 12.1 Å². The topological polar surface area (TPSA) is 126 Å². The molecule has 1 aromatic heterocycles. The van der Waals surface area contributed by atoms with Crippen molar-refractivity contribution in [1.82, 2.24) is 0 Å². The van der Waals surface area contributed by atoms with Crippen molar-refractivity contribution >= 4 is 11.0 Å².